The van der Waals surface area contributed by atoms with E-state index in [2.05, 4.69) is 49.4 Å². The molecule has 31 heavy (non-hydrogen) atoms. The Kier molecular flexibility index (Phi) is 4.95. The number of benzene rings is 1. The molecule has 0 N–H and O–H groups in total. The van der Waals surface area contributed by atoms with E-state index in [1.807, 2.05) is 9.80 Å². The van der Waals surface area contributed by atoms with Crippen molar-refractivity contribution in [3.05, 3.63) is 59.4 Å². The number of rotatable bonds is 4. The summed E-state index contributed by atoms with van der Waals surface area (Å²) in [5.41, 5.74) is 5.73. The number of carbonyl (C=O) groups excluding carboxylic acids is 2. The maximum Gasteiger partial charge on any atom is 0.246 e. The SMILES string of the molecule is C=CC(=O)N1CCc2nn(-c3ccc(C(C)C)cc3)c3c2C(C1)N(C(=O)C1CC1)CC3. The standard InChI is InChI=1S/C25H30N4O2/c1-4-23(30)27-13-11-20-24-21(12-14-28(22(24)15-27)25(31)18-5-6-18)29(26-20)19-9-7-17(8-10-19)16(2)3/h4,7-10,16,18,22H,1,5-6,11-15H2,2-3H3. The topological polar surface area (TPSA) is 58.4 Å². The van der Waals surface area contributed by atoms with Crippen LogP contribution in [-0.2, 0) is 22.4 Å². The lowest BCUT2D eigenvalue weighted by Crippen LogP contribution is -2.46. The fourth-order valence-electron chi connectivity index (χ4n) is 4.97. The highest BCUT2D eigenvalue weighted by molar-refractivity contribution is 5.87. The van der Waals surface area contributed by atoms with E-state index in [0.717, 1.165) is 36.2 Å². The largest absolute Gasteiger partial charge is 0.336 e. The second-order valence-electron chi connectivity index (χ2n) is 9.28. The van der Waals surface area contributed by atoms with E-state index in [1.165, 1.54) is 17.3 Å². The first-order valence-corrected chi connectivity index (χ1v) is 11.4. The van der Waals surface area contributed by atoms with Gasteiger partial charge in [-0.15, -0.1) is 0 Å². The van der Waals surface area contributed by atoms with E-state index in [9.17, 15) is 9.59 Å². The number of hydrogen-bond donors (Lipinski definition) is 0. The summed E-state index contributed by atoms with van der Waals surface area (Å²) in [7, 11) is 0. The van der Waals surface area contributed by atoms with Crippen molar-refractivity contribution < 1.29 is 9.59 Å². The Morgan fingerprint density at radius 2 is 1.87 bits per heavy atom. The molecule has 1 atom stereocenters. The molecule has 1 aliphatic carbocycles. The summed E-state index contributed by atoms with van der Waals surface area (Å²) in [6.45, 7) is 9.84. The first kappa shape index (κ1) is 20.0. The third-order valence-corrected chi connectivity index (χ3v) is 6.91. The average molecular weight is 419 g/mol. The van der Waals surface area contributed by atoms with Gasteiger partial charge in [-0.2, -0.15) is 5.10 Å². The summed E-state index contributed by atoms with van der Waals surface area (Å²) in [5, 5.41) is 5.01. The minimum absolute atomic E-state index is 0.0757. The van der Waals surface area contributed by atoms with Crippen LogP contribution in [0.2, 0.25) is 0 Å². The zero-order valence-corrected chi connectivity index (χ0v) is 18.4. The van der Waals surface area contributed by atoms with Crippen LogP contribution in [0.15, 0.2) is 36.9 Å². The Balaban J connectivity index is 1.56. The lowest BCUT2D eigenvalue weighted by Gasteiger charge is -2.38. The van der Waals surface area contributed by atoms with Gasteiger partial charge in [0.2, 0.25) is 11.8 Å². The van der Waals surface area contributed by atoms with Gasteiger partial charge in [-0.05, 0) is 42.5 Å². The highest BCUT2D eigenvalue weighted by Crippen LogP contribution is 2.40. The molecular formula is C25H30N4O2. The van der Waals surface area contributed by atoms with Gasteiger partial charge in [-0.3, -0.25) is 9.59 Å². The smallest absolute Gasteiger partial charge is 0.246 e. The summed E-state index contributed by atoms with van der Waals surface area (Å²) in [4.78, 5) is 29.4. The molecule has 6 heteroatoms. The van der Waals surface area contributed by atoms with Crippen molar-refractivity contribution >= 4 is 11.8 Å². The van der Waals surface area contributed by atoms with Crippen LogP contribution in [0.5, 0.6) is 0 Å². The quantitative estimate of drug-likeness (QED) is 0.715. The molecule has 3 heterocycles. The molecule has 2 amide bonds. The summed E-state index contributed by atoms with van der Waals surface area (Å²) in [6, 6.07) is 8.51. The zero-order valence-electron chi connectivity index (χ0n) is 18.4. The first-order valence-electron chi connectivity index (χ1n) is 11.4. The minimum Gasteiger partial charge on any atom is -0.336 e. The van der Waals surface area contributed by atoms with Crippen molar-refractivity contribution in [1.29, 1.82) is 0 Å². The third-order valence-electron chi connectivity index (χ3n) is 6.91. The summed E-state index contributed by atoms with van der Waals surface area (Å²) in [6.07, 6.45) is 4.83. The van der Waals surface area contributed by atoms with Crippen LogP contribution in [0.4, 0.5) is 0 Å². The Morgan fingerprint density at radius 1 is 1.13 bits per heavy atom. The Bertz CT molecular complexity index is 1030. The molecule has 2 aliphatic heterocycles. The second-order valence-corrected chi connectivity index (χ2v) is 9.28. The fourth-order valence-corrected chi connectivity index (χ4v) is 4.97. The lowest BCUT2D eigenvalue weighted by molar-refractivity contribution is -0.137. The predicted molar refractivity (Wildman–Crippen MR) is 119 cm³/mol. The number of aromatic nitrogens is 2. The van der Waals surface area contributed by atoms with Crippen LogP contribution >= 0.6 is 0 Å². The molecule has 0 bridgehead atoms. The van der Waals surface area contributed by atoms with Gasteiger partial charge in [0.05, 0.1) is 23.1 Å². The molecule has 162 valence electrons. The normalized spacial score (nSPS) is 20.4. The molecular weight excluding hydrogens is 388 g/mol. The fraction of sp³-hybridized carbons (Fsp3) is 0.480. The van der Waals surface area contributed by atoms with Gasteiger partial charge >= 0.3 is 0 Å². The van der Waals surface area contributed by atoms with Crippen LogP contribution in [0, 0.1) is 5.92 Å². The molecule has 6 nitrogen and oxygen atoms in total. The maximum atomic E-state index is 13.1. The molecule has 2 aromatic rings. The average Bonchev–Trinajstić information content (AvgIpc) is 3.59. The van der Waals surface area contributed by atoms with Crippen molar-refractivity contribution in [2.75, 3.05) is 19.6 Å². The van der Waals surface area contributed by atoms with Crippen LogP contribution in [0.1, 0.15) is 61.2 Å². The van der Waals surface area contributed by atoms with Crippen LogP contribution in [0.3, 0.4) is 0 Å². The van der Waals surface area contributed by atoms with Crippen LogP contribution < -0.4 is 0 Å². The van der Waals surface area contributed by atoms with E-state index in [0.29, 0.717) is 32.0 Å². The Labute approximate surface area is 183 Å². The molecule has 3 aliphatic rings. The lowest BCUT2D eigenvalue weighted by atomic mass is 9.95. The molecule has 1 saturated carbocycles. The molecule has 0 spiro atoms. The van der Waals surface area contributed by atoms with E-state index in [-0.39, 0.29) is 23.8 Å². The van der Waals surface area contributed by atoms with Crippen molar-refractivity contribution in [3.63, 3.8) is 0 Å². The van der Waals surface area contributed by atoms with E-state index in [4.69, 9.17) is 5.10 Å². The van der Waals surface area contributed by atoms with E-state index >= 15 is 0 Å². The second kappa shape index (κ2) is 7.66. The highest BCUT2D eigenvalue weighted by Gasteiger charge is 2.43. The van der Waals surface area contributed by atoms with Crippen molar-refractivity contribution in [2.24, 2.45) is 5.92 Å². The van der Waals surface area contributed by atoms with Gasteiger partial charge in [-0.25, -0.2) is 4.68 Å². The van der Waals surface area contributed by atoms with Gasteiger partial charge in [0.25, 0.3) is 0 Å². The minimum atomic E-state index is -0.123. The maximum absolute atomic E-state index is 13.1. The first-order chi connectivity index (χ1) is 15.0. The van der Waals surface area contributed by atoms with Crippen molar-refractivity contribution in [3.8, 4) is 5.69 Å². The summed E-state index contributed by atoms with van der Waals surface area (Å²) in [5.74, 6) is 0.814. The summed E-state index contributed by atoms with van der Waals surface area (Å²) < 4.78 is 2.08. The molecule has 0 radical (unpaired) electrons. The number of amides is 2. The van der Waals surface area contributed by atoms with Crippen molar-refractivity contribution in [1.82, 2.24) is 19.6 Å². The Hall–Kier alpha value is -2.89. The summed E-state index contributed by atoms with van der Waals surface area (Å²) >= 11 is 0. The van der Waals surface area contributed by atoms with E-state index in [1.54, 1.807) is 0 Å². The van der Waals surface area contributed by atoms with Gasteiger partial charge in [-0.1, -0.05) is 32.6 Å². The Morgan fingerprint density at radius 3 is 2.52 bits per heavy atom. The number of carbonyl (C=O) groups is 2. The zero-order chi connectivity index (χ0) is 21.7. The van der Waals surface area contributed by atoms with Gasteiger partial charge in [0.15, 0.2) is 0 Å². The van der Waals surface area contributed by atoms with Gasteiger partial charge in [0, 0.05) is 44.0 Å². The number of nitrogens with zero attached hydrogens (tertiary/aromatic N) is 4. The van der Waals surface area contributed by atoms with Crippen LogP contribution in [0.25, 0.3) is 5.69 Å². The molecule has 1 aromatic heterocycles. The van der Waals surface area contributed by atoms with Crippen molar-refractivity contribution in [2.45, 2.75) is 51.5 Å². The van der Waals surface area contributed by atoms with E-state index < -0.39 is 0 Å². The molecule has 1 unspecified atom stereocenters. The van der Waals surface area contributed by atoms with Gasteiger partial charge < -0.3 is 9.80 Å². The number of hydrogen-bond acceptors (Lipinski definition) is 3. The molecule has 5 rings (SSSR count). The third kappa shape index (κ3) is 3.48. The van der Waals surface area contributed by atoms with Crippen LogP contribution in [-0.4, -0.2) is 51.0 Å². The molecule has 0 saturated heterocycles. The highest BCUT2D eigenvalue weighted by atomic mass is 16.2. The predicted octanol–water partition coefficient (Wildman–Crippen LogP) is 3.40. The molecule has 1 fully saturated rings. The van der Waals surface area contributed by atoms with Gasteiger partial charge in [0.1, 0.15) is 0 Å². The monoisotopic (exact) mass is 418 g/mol. The molecule has 1 aromatic carbocycles.